The highest BCUT2D eigenvalue weighted by Gasteiger charge is 2.35. The summed E-state index contributed by atoms with van der Waals surface area (Å²) in [5.41, 5.74) is 0. The third-order valence-electron chi connectivity index (χ3n) is 5.16. The van der Waals surface area contributed by atoms with Gasteiger partial charge in [-0.05, 0) is 0 Å². The molecule has 3 aliphatic heterocycles. The zero-order valence-electron chi connectivity index (χ0n) is 18.5. The molecular formula is C19H31N3O12. The fraction of sp³-hybridized carbons (Fsp3) is 0.842. The van der Waals surface area contributed by atoms with E-state index in [9.17, 15) is 19.5 Å². The minimum atomic E-state index is -1.22. The van der Waals surface area contributed by atoms with Gasteiger partial charge >= 0.3 is 0 Å². The third kappa shape index (κ3) is 7.27. The summed E-state index contributed by atoms with van der Waals surface area (Å²) in [4.78, 5) is 38.5. The molecule has 34 heavy (non-hydrogen) atoms. The molecule has 0 saturated carbocycles. The third-order valence-corrected chi connectivity index (χ3v) is 5.16. The average molecular weight is 493 g/mol. The molecule has 0 aromatic carbocycles. The lowest BCUT2D eigenvalue weighted by atomic mass is 10.4. The van der Waals surface area contributed by atoms with E-state index in [1.165, 1.54) is 4.90 Å². The van der Waals surface area contributed by atoms with Gasteiger partial charge in [0.25, 0.3) is 17.7 Å². The van der Waals surface area contributed by atoms with E-state index in [4.69, 9.17) is 38.6 Å². The molecule has 3 amide bonds. The van der Waals surface area contributed by atoms with Gasteiger partial charge in [-0.15, -0.1) is 0 Å². The van der Waals surface area contributed by atoms with Crippen molar-refractivity contribution in [1.29, 1.82) is 0 Å². The van der Waals surface area contributed by atoms with Crippen molar-refractivity contribution in [2.75, 3.05) is 65.8 Å². The molecule has 194 valence electrons. The second-order valence-electron chi connectivity index (χ2n) is 7.73. The fourth-order valence-corrected chi connectivity index (χ4v) is 3.31. The minimum absolute atomic E-state index is 0.0364. The molecule has 0 spiro atoms. The maximum absolute atomic E-state index is 12.8. The second-order valence-corrected chi connectivity index (χ2v) is 7.73. The maximum Gasteiger partial charge on any atom is 0.279 e. The lowest BCUT2D eigenvalue weighted by Gasteiger charge is -2.25. The smallest absolute Gasteiger partial charge is 0.279 e. The SMILES string of the molecule is O=C(NCCN(CCNC(=O)C1OCC(CO)O1)C(=O)C1OCC(CO)O1)C1OCC(CO)O1. The molecule has 0 aromatic heterocycles. The number of aliphatic hydroxyl groups is 3. The Morgan fingerprint density at radius 3 is 1.44 bits per heavy atom. The molecule has 3 fully saturated rings. The van der Waals surface area contributed by atoms with Crippen molar-refractivity contribution in [3.63, 3.8) is 0 Å². The first-order valence-corrected chi connectivity index (χ1v) is 10.9. The topological polar surface area (TPSA) is 195 Å². The monoisotopic (exact) mass is 493 g/mol. The van der Waals surface area contributed by atoms with Gasteiger partial charge in [-0.2, -0.15) is 0 Å². The number of ether oxygens (including phenoxy) is 6. The summed E-state index contributed by atoms with van der Waals surface area (Å²) in [6, 6.07) is 0. The number of nitrogens with zero attached hydrogens (tertiary/aromatic N) is 1. The van der Waals surface area contributed by atoms with E-state index in [2.05, 4.69) is 10.6 Å². The van der Waals surface area contributed by atoms with E-state index in [0.717, 1.165) is 0 Å². The summed E-state index contributed by atoms with van der Waals surface area (Å²) in [6.07, 6.45) is -5.30. The number of nitrogens with one attached hydrogen (secondary N) is 2. The zero-order chi connectivity index (χ0) is 24.5. The van der Waals surface area contributed by atoms with E-state index in [-0.39, 0.29) is 65.8 Å². The Morgan fingerprint density at radius 1 is 0.676 bits per heavy atom. The molecule has 3 saturated heterocycles. The predicted octanol–water partition coefficient (Wildman–Crippen LogP) is -4.75. The van der Waals surface area contributed by atoms with E-state index in [1.807, 2.05) is 0 Å². The fourth-order valence-electron chi connectivity index (χ4n) is 3.31. The van der Waals surface area contributed by atoms with Crippen molar-refractivity contribution in [2.45, 2.75) is 37.2 Å². The molecule has 6 unspecified atom stereocenters. The van der Waals surface area contributed by atoms with Crippen molar-refractivity contribution in [3.8, 4) is 0 Å². The quantitative estimate of drug-likeness (QED) is 0.174. The second kappa shape index (κ2) is 13.2. The Hall–Kier alpha value is -1.95. The van der Waals surface area contributed by atoms with Gasteiger partial charge in [-0.1, -0.05) is 0 Å². The number of carbonyl (C=O) groups is 3. The van der Waals surface area contributed by atoms with Gasteiger partial charge in [0.2, 0.25) is 18.9 Å². The highest BCUT2D eigenvalue weighted by atomic mass is 16.7. The normalized spacial score (nSPS) is 30.9. The van der Waals surface area contributed by atoms with E-state index >= 15 is 0 Å². The first kappa shape index (κ1) is 26.7. The van der Waals surface area contributed by atoms with Crippen LogP contribution in [0.2, 0.25) is 0 Å². The Bertz CT molecular complexity index is 657. The number of aliphatic hydroxyl groups excluding tert-OH is 3. The van der Waals surface area contributed by atoms with Crippen LogP contribution in [0.15, 0.2) is 0 Å². The van der Waals surface area contributed by atoms with Crippen LogP contribution in [0.25, 0.3) is 0 Å². The van der Waals surface area contributed by atoms with Crippen molar-refractivity contribution in [2.24, 2.45) is 0 Å². The van der Waals surface area contributed by atoms with Crippen molar-refractivity contribution in [3.05, 3.63) is 0 Å². The summed E-state index contributed by atoms with van der Waals surface area (Å²) in [6.45, 7) is -0.440. The molecule has 3 rings (SSSR count). The van der Waals surface area contributed by atoms with Gasteiger partial charge in [-0.25, -0.2) is 0 Å². The van der Waals surface area contributed by atoms with Crippen LogP contribution in [-0.4, -0.2) is 141 Å². The van der Waals surface area contributed by atoms with Crippen molar-refractivity contribution in [1.82, 2.24) is 15.5 Å². The number of carbonyl (C=O) groups excluding carboxylic acids is 3. The van der Waals surface area contributed by atoms with Crippen LogP contribution in [0, 0.1) is 0 Å². The number of rotatable bonds is 12. The summed E-state index contributed by atoms with van der Waals surface area (Å²) in [5.74, 6) is -1.65. The molecular weight excluding hydrogens is 462 g/mol. The zero-order valence-corrected chi connectivity index (χ0v) is 18.5. The number of amides is 3. The molecule has 6 atom stereocenters. The molecule has 0 radical (unpaired) electrons. The highest BCUT2D eigenvalue weighted by Crippen LogP contribution is 2.14. The molecule has 3 heterocycles. The first-order chi connectivity index (χ1) is 16.4. The molecule has 3 aliphatic rings. The largest absolute Gasteiger partial charge is 0.394 e. The van der Waals surface area contributed by atoms with Gasteiger partial charge < -0.3 is 59.3 Å². The lowest BCUT2D eigenvalue weighted by Crippen LogP contribution is -2.48. The maximum atomic E-state index is 12.8. The van der Waals surface area contributed by atoms with E-state index in [1.54, 1.807) is 0 Å². The molecule has 5 N–H and O–H groups in total. The summed E-state index contributed by atoms with van der Waals surface area (Å²) >= 11 is 0. The van der Waals surface area contributed by atoms with Crippen molar-refractivity contribution < 1.29 is 58.1 Å². The van der Waals surface area contributed by atoms with Gasteiger partial charge in [0.1, 0.15) is 18.3 Å². The standard InChI is InChI=1S/C19H31N3O12/c23-5-11-8-29-17(32-11)14(26)20-1-3-22(16(28)19-31-10-13(7-25)34-19)4-2-21-15(27)18-30-9-12(6-24)33-18/h11-13,17-19,23-25H,1-10H2,(H,20,26)(H,21,27). The van der Waals surface area contributed by atoms with Gasteiger partial charge in [0.05, 0.1) is 39.6 Å². The molecule has 0 bridgehead atoms. The lowest BCUT2D eigenvalue weighted by molar-refractivity contribution is -0.161. The molecule has 15 nitrogen and oxygen atoms in total. The van der Waals surface area contributed by atoms with Gasteiger partial charge in [0.15, 0.2) is 0 Å². The Labute approximate surface area is 195 Å². The van der Waals surface area contributed by atoms with E-state index in [0.29, 0.717) is 0 Å². The van der Waals surface area contributed by atoms with Crippen LogP contribution in [0.3, 0.4) is 0 Å². The van der Waals surface area contributed by atoms with Crippen LogP contribution < -0.4 is 10.6 Å². The number of hydrogen-bond donors (Lipinski definition) is 5. The summed E-state index contributed by atoms with van der Waals surface area (Å²) in [5, 5.41) is 32.5. The van der Waals surface area contributed by atoms with E-state index < -0.39 is 54.9 Å². The Morgan fingerprint density at radius 2 is 1.06 bits per heavy atom. The van der Waals surface area contributed by atoms with Crippen LogP contribution in [0.1, 0.15) is 0 Å². The van der Waals surface area contributed by atoms with Gasteiger partial charge in [0, 0.05) is 26.2 Å². The molecule has 15 heteroatoms. The number of hydrogen-bond acceptors (Lipinski definition) is 12. The summed E-state index contributed by atoms with van der Waals surface area (Å²) in [7, 11) is 0. The van der Waals surface area contributed by atoms with Crippen LogP contribution in [-0.2, 0) is 42.8 Å². The van der Waals surface area contributed by atoms with Crippen molar-refractivity contribution >= 4 is 17.7 Å². The molecule has 0 aromatic rings. The minimum Gasteiger partial charge on any atom is -0.394 e. The summed E-state index contributed by atoms with van der Waals surface area (Å²) < 4.78 is 31.4. The van der Waals surface area contributed by atoms with Crippen LogP contribution >= 0.6 is 0 Å². The predicted molar refractivity (Wildman–Crippen MR) is 108 cm³/mol. The Kier molecular flexibility index (Phi) is 10.4. The highest BCUT2D eigenvalue weighted by molar-refractivity contribution is 5.81. The Balaban J connectivity index is 1.47. The van der Waals surface area contributed by atoms with Crippen LogP contribution in [0.5, 0.6) is 0 Å². The average Bonchev–Trinajstić information content (AvgIpc) is 3.62. The first-order valence-electron chi connectivity index (χ1n) is 10.9. The van der Waals surface area contributed by atoms with Gasteiger partial charge in [-0.3, -0.25) is 14.4 Å². The van der Waals surface area contributed by atoms with Crippen LogP contribution in [0.4, 0.5) is 0 Å². The molecule has 0 aliphatic carbocycles.